The number of nitrogens with zero attached hydrogens (tertiary/aromatic N) is 5. The predicted octanol–water partition coefficient (Wildman–Crippen LogP) is 3.90. The van der Waals surface area contributed by atoms with Crippen LogP contribution in [0.25, 0.3) is 17.1 Å². The summed E-state index contributed by atoms with van der Waals surface area (Å²) in [6.45, 7) is 0. The Balaban J connectivity index is 1.57. The van der Waals surface area contributed by atoms with E-state index in [0.29, 0.717) is 29.5 Å². The maximum absolute atomic E-state index is 13.5. The van der Waals surface area contributed by atoms with Crippen LogP contribution < -0.4 is 5.32 Å². The van der Waals surface area contributed by atoms with E-state index in [1.54, 1.807) is 29.1 Å². The Labute approximate surface area is 183 Å². The first-order valence-electron chi connectivity index (χ1n) is 10.1. The third kappa shape index (κ3) is 4.75. The van der Waals surface area contributed by atoms with E-state index in [1.807, 2.05) is 12.1 Å². The second-order valence-corrected chi connectivity index (χ2v) is 8.39. The zero-order chi connectivity index (χ0) is 21.7. The molecule has 1 saturated carbocycles. The normalized spacial score (nSPS) is 15.2. The van der Waals surface area contributed by atoms with Crippen molar-refractivity contribution >= 4 is 17.7 Å². The number of hydrogen-bond donors (Lipinski definition) is 1. The number of pyridine rings is 1. The number of thioether (sulfide) groups is 1. The van der Waals surface area contributed by atoms with E-state index in [0.717, 1.165) is 24.8 Å². The van der Waals surface area contributed by atoms with Crippen LogP contribution in [0.1, 0.15) is 32.1 Å². The molecule has 0 unspecified atom stereocenters. The minimum Gasteiger partial charge on any atom is -0.337 e. The van der Waals surface area contributed by atoms with Crippen LogP contribution in [0.4, 0.5) is 4.39 Å². The summed E-state index contributed by atoms with van der Waals surface area (Å²) in [6.07, 6.45) is 7.64. The molecule has 1 aliphatic carbocycles. The molecule has 0 spiro atoms. The van der Waals surface area contributed by atoms with Gasteiger partial charge in [-0.3, -0.25) is 14.3 Å². The van der Waals surface area contributed by atoms with Crippen LogP contribution in [0.2, 0.25) is 0 Å². The van der Waals surface area contributed by atoms with Gasteiger partial charge in [-0.05, 0) is 49.2 Å². The van der Waals surface area contributed by atoms with Gasteiger partial charge in [0.25, 0.3) is 0 Å². The fourth-order valence-corrected chi connectivity index (χ4v) is 4.48. The lowest BCUT2D eigenvalue weighted by molar-refractivity contribution is -0.120. The number of nitriles is 1. The second kappa shape index (κ2) is 9.27. The van der Waals surface area contributed by atoms with Crippen molar-refractivity contribution in [3.05, 3.63) is 54.6 Å². The summed E-state index contributed by atoms with van der Waals surface area (Å²) in [5.74, 6) is 0.106. The molecule has 0 radical (unpaired) electrons. The molecule has 9 heteroatoms. The van der Waals surface area contributed by atoms with E-state index < -0.39 is 5.54 Å². The number of aromatic nitrogens is 4. The molecule has 1 aromatic carbocycles. The first kappa shape index (κ1) is 21.0. The molecule has 0 aliphatic heterocycles. The summed E-state index contributed by atoms with van der Waals surface area (Å²) in [4.78, 5) is 16.6. The SMILES string of the molecule is N#CC1(NC(=O)CSc2nnc(-c3ccncc3)n2-c2ccc(F)cc2)CCCCC1. The van der Waals surface area contributed by atoms with Crippen molar-refractivity contribution in [1.82, 2.24) is 25.1 Å². The average Bonchev–Trinajstić information content (AvgIpc) is 3.23. The highest BCUT2D eigenvalue weighted by Crippen LogP contribution is 2.30. The smallest absolute Gasteiger partial charge is 0.231 e. The Bertz CT molecular complexity index is 1090. The molecule has 1 aliphatic rings. The van der Waals surface area contributed by atoms with Gasteiger partial charge in [0.2, 0.25) is 5.91 Å². The van der Waals surface area contributed by atoms with Crippen LogP contribution in [0.15, 0.2) is 53.9 Å². The quantitative estimate of drug-likeness (QED) is 0.589. The topological polar surface area (TPSA) is 96.5 Å². The summed E-state index contributed by atoms with van der Waals surface area (Å²) >= 11 is 1.23. The number of benzene rings is 1. The monoisotopic (exact) mass is 436 g/mol. The molecule has 1 amide bonds. The van der Waals surface area contributed by atoms with Crippen LogP contribution in [0.5, 0.6) is 0 Å². The molecule has 3 aromatic rings. The molecular formula is C22H21FN6OS. The van der Waals surface area contributed by atoms with E-state index in [9.17, 15) is 14.4 Å². The summed E-state index contributed by atoms with van der Waals surface area (Å²) in [6, 6.07) is 11.9. The van der Waals surface area contributed by atoms with Crippen molar-refractivity contribution in [3.8, 4) is 23.1 Å². The van der Waals surface area contributed by atoms with Gasteiger partial charge in [-0.2, -0.15) is 5.26 Å². The van der Waals surface area contributed by atoms with Crippen LogP contribution in [-0.2, 0) is 4.79 Å². The van der Waals surface area contributed by atoms with Crippen molar-refractivity contribution < 1.29 is 9.18 Å². The molecule has 1 N–H and O–H groups in total. The summed E-state index contributed by atoms with van der Waals surface area (Å²) in [5, 5.41) is 21.6. The lowest BCUT2D eigenvalue weighted by Gasteiger charge is -2.31. The third-order valence-electron chi connectivity index (χ3n) is 5.29. The number of carbonyl (C=O) groups excluding carboxylic acids is 1. The Morgan fingerprint density at radius 3 is 2.52 bits per heavy atom. The average molecular weight is 437 g/mol. The summed E-state index contributed by atoms with van der Waals surface area (Å²) < 4.78 is 15.3. The van der Waals surface area contributed by atoms with Gasteiger partial charge in [0.1, 0.15) is 11.4 Å². The van der Waals surface area contributed by atoms with Gasteiger partial charge in [0.15, 0.2) is 11.0 Å². The molecular weight excluding hydrogens is 415 g/mol. The van der Waals surface area contributed by atoms with Crippen molar-refractivity contribution in [3.63, 3.8) is 0 Å². The van der Waals surface area contributed by atoms with Gasteiger partial charge in [0, 0.05) is 23.6 Å². The summed E-state index contributed by atoms with van der Waals surface area (Å²) in [5.41, 5.74) is 0.707. The standard InChI is InChI=1S/C22H21FN6OS/c23-17-4-6-18(7-5-17)29-20(16-8-12-25-13-9-16)27-28-21(29)31-14-19(30)26-22(15-24)10-2-1-3-11-22/h4-9,12-13H,1-3,10-11,14H2,(H,26,30). The van der Waals surface area contributed by atoms with E-state index >= 15 is 0 Å². The number of halogens is 1. The van der Waals surface area contributed by atoms with Gasteiger partial charge < -0.3 is 5.32 Å². The zero-order valence-electron chi connectivity index (χ0n) is 16.8. The lowest BCUT2D eigenvalue weighted by atomic mass is 9.83. The van der Waals surface area contributed by atoms with Crippen molar-refractivity contribution in [2.45, 2.75) is 42.8 Å². The highest BCUT2D eigenvalue weighted by Gasteiger charge is 2.33. The van der Waals surface area contributed by atoms with Gasteiger partial charge >= 0.3 is 0 Å². The van der Waals surface area contributed by atoms with E-state index in [-0.39, 0.29) is 17.5 Å². The second-order valence-electron chi connectivity index (χ2n) is 7.45. The van der Waals surface area contributed by atoms with E-state index in [2.05, 4.69) is 26.6 Å². The van der Waals surface area contributed by atoms with Crippen molar-refractivity contribution in [1.29, 1.82) is 5.26 Å². The third-order valence-corrected chi connectivity index (χ3v) is 6.22. The highest BCUT2D eigenvalue weighted by molar-refractivity contribution is 7.99. The highest BCUT2D eigenvalue weighted by atomic mass is 32.2. The maximum atomic E-state index is 13.5. The number of hydrogen-bond acceptors (Lipinski definition) is 6. The predicted molar refractivity (Wildman–Crippen MR) is 115 cm³/mol. The van der Waals surface area contributed by atoms with Crippen LogP contribution in [0.3, 0.4) is 0 Å². The first-order chi connectivity index (χ1) is 15.1. The summed E-state index contributed by atoms with van der Waals surface area (Å²) in [7, 11) is 0. The Hall–Kier alpha value is -3.25. The molecule has 2 aromatic heterocycles. The van der Waals surface area contributed by atoms with Crippen LogP contribution >= 0.6 is 11.8 Å². The fourth-order valence-electron chi connectivity index (χ4n) is 3.73. The number of amides is 1. The fraction of sp³-hybridized carbons (Fsp3) is 0.318. The van der Waals surface area contributed by atoms with Crippen molar-refractivity contribution in [2.24, 2.45) is 0 Å². The molecule has 0 atom stereocenters. The largest absolute Gasteiger partial charge is 0.337 e. The zero-order valence-corrected chi connectivity index (χ0v) is 17.6. The number of nitrogens with one attached hydrogen (secondary N) is 1. The molecule has 31 heavy (non-hydrogen) atoms. The van der Waals surface area contributed by atoms with E-state index in [1.165, 1.54) is 23.9 Å². The molecule has 2 heterocycles. The minimum atomic E-state index is -0.775. The minimum absolute atomic E-state index is 0.0963. The Morgan fingerprint density at radius 2 is 1.84 bits per heavy atom. The molecule has 0 bridgehead atoms. The molecule has 158 valence electrons. The molecule has 7 nitrogen and oxygen atoms in total. The molecule has 0 saturated heterocycles. The Morgan fingerprint density at radius 1 is 1.13 bits per heavy atom. The van der Waals surface area contributed by atoms with Crippen molar-refractivity contribution in [2.75, 3.05) is 5.75 Å². The van der Waals surface area contributed by atoms with E-state index in [4.69, 9.17) is 0 Å². The van der Waals surface area contributed by atoms with Crippen LogP contribution in [-0.4, -0.2) is 36.9 Å². The Kier molecular flexibility index (Phi) is 6.28. The molecule has 4 rings (SSSR count). The van der Waals surface area contributed by atoms with Gasteiger partial charge in [0.05, 0.1) is 11.8 Å². The number of rotatable bonds is 6. The molecule has 1 fully saturated rings. The number of carbonyl (C=O) groups is 1. The van der Waals surface area contributed by atoms with Gasteiger partial charge in [-0.25, -0.2) is 4.39 Å². The van der Waals surface area contributed by atoms with Crippen LogP contribution in [0, 0.1) is 17.1 Å². The first-order valence-corrected chi connectivity index (χ1v) is 11.1. The maximum Gasteiger partial charge on any atom is 0.231 e. The lowest BCUT2D eigenvalue weighted by Crippen LogP contribution is -2.49. The van der Waals surface area contributed by atoms with Gasteiger partial charge in [-0.15, -0.1) is 10.2 Å². The van der Waals surface area contributed by atoms with Gasteiger partial charge in [-0.1, -0.05) is 31.0 Å².